The van der Waals surface area contributed by atoms with Gasteiger partial charge in [-0.2, -0.15) is 0 Å². The molecule has 1 aromatic carbocycles. The van der Waals surface area contributed by atoms with Gasteiger partial charge in [-0.25, -0.2) is 0 Å². The van der Waals surface area contributed by atoms with Gasteiger partial charge in [-0.15, -0.1) is 0 Å². The van der Waals surface area contributed by atoms with E-state index in [9.17, 15) is 5.11 Å². The molecule has 19 heavy (non-hydrogen) atoms. The number of benzene rings is 1. The predicted octanol–water partition coefficient (Wildman–Crippen LogP) is 3.38. The Morgan fingerprint density at radius 2 is 2.00 bits per heavy atom. The molecule has 0 radical (unpaired) electrons. The van der Waals surface area contributed by atoms with Crippen LogP contribution in [-0.2, 0) is 4.74 Å². The maximum atomic E-state index is 9.57. The van der Waals surface area contributed by atoms with Crippen molar-refractivity contribution >= 4 is 0 Å². The minimum absolute atomic E-state index is 0.245. The molecule has 106 valence electrons. The molecule has 1 saturated carbocycles. The van der Waals surface area contributed by atoms with E-state index >= 15 is 0 Å². The van der Waals surface area contributed by atoms with Gasteiger partial charge in [0.1, 0.15) is 11.9 Å². The quantitative estimate of drug-likeness (QED) is 0.906. The molecule has 2 rings (SSSR count). The highest BCUT2D eigenvalue weighted by molar-refractivity contribution is 5.37. The van der Waals surface area contributed by atoms with E-state index < -0.39 is 6.10 Å². The zero-order valence-electron chi connectivity index (χ0n) is 12.1. The SMILES string of the molecule is COC1CCCC(Oc2ccc([C@H](C)O)cc2C)C1. The van der Waals surface area contributed by atoms with Crippen molar-refractivity contribution in [2.45, 2.75) is 57.8 Å². The molecular weight excluding hydrogens is 240 g/mol. The van der Waals surface area contributed by atoms with Crippen molar-refractivity contribution in [1.29, 1.82) is 0 Å². The van der Waals surface area contributed by atoms with Gasteiger partial charge in [0.2, 0.25) is 0 Å². The lowest BCUT2D eigenvalue weighted by molar-refractivity contribution is 0.0207. The van der Waals surface area contributed by atoms with Crippen molar-refractivity contribution in [2.24, 2.45) is 0 Å². The van der Waals surface area contributed by atoms with Gasteiger partial charge in [0.15, 0.2) is 0 Å². The van der Waals surface area contributed by atoms with Crippen molar-refractivity contribution in [2.75, 3.05) is 7.11 Å². The van der Waals surface area contributed by atoms with E-state index in [0.29, 0.717) is 6.10 Å². The van der Waals surface area contributed by atoms with E-state index in [1.165, 1.54) is 0 Å². The van der Waals surface area contributed by atoms with E-state index in [-0.39, 0.29) is 6.10 Å². The summed E-state index contributed by atoms with van der Waals surface area (Å²) in [5.41, 5.74) is 2.02. The molecule has 0 aromatic heterocycles. The summed E-state index contributed by atoms with van der Waals surface area (Å²) in [6.45, 7) is 3.80. The lowest BCUT2D eigenvalue weighted by Gasteiger charge is -2.29. The number of aliphatic hydroxyl groups is 1. The van der Waals surface area contributed by atoms with Crippen LogP contribution in [0.1, 0.15) is 49.8 Å². The molecule has 0 heterocycles. The van der Waals surface area contributed by atoms with Gasteiger partial charge in [0.25, 0.3) is 0 Å². The first kappa shape index (κ1) is 14.4. The Morgan fingerprint density at radius 3 is 2.63 bits per heavy atom. The summed E-state index contributed by atoms with van der Waals surface area (Å²) in [5.74, 6) is 0.922. The van der Waals surface area contributed by atoms with Gasteiger partial charge in [-0.05, 0) is 56.4 Å². The molecule has 0 bridgehead atoms. The smallest absolute Gasteiger partial charge is 0.122 e. The second-order valence-corrected chi connectivity index (χ2v) is 5.47. The van der Waals surface area contributed by atoms with Crippen molar-refractivity contribution < 1.29 is 14.6 Å². The Morgan fingerprint density at radius 1 is 1.26 bits per heavy atom. The average Bonchev–Trinajstić information content (AvgIpc) is 2.41. The third kappa shape index (κ3) is 3.71. The predicted molar refractivity (Wildman–Crippen MR) is 75.5 cm³/mol. The molecule has 1 aliphatic carbocycles. The molecule has 3 heteroatoms. The summed E-state index contributed by atoms with van der Waals surface area (Å²) in [7, 11) is 1.77. The number of hydrogen-bond donors (Lipinski definition) is 1. The van der Waals surface area contributed by atoms with Crippen LogP contribution in [-0.4, -0.2) is 24.4 Å². The first-order valence-electron chi connectivity index (χ1n) is 7.08. The summed E-state index contributed by atoms with van der Waals surface area (Å²) in [6.07, 6.45) is 4.50. The summed E-state index contributed by atoms with van der Waals surface area (Å²) in [5, 5.41) is 9.57. The van der Waals surface area contributed by atoms with Crippen molar-refractivity contribution in [3.8, 4) is 5.75 Å². The molecule has 0 aliphatic heterocycles. The average molecular weight is 264 g/mol. The molecule has 0 spiro atoms. The van der Waals surface area contributed by atoms with Crippen LogP contribution in [0, 0.1) is 6.92 Å². The van der Waals surface area contributed by atoms with Crippen LogP contribution in [0.4, 0.5) is 0 Å². The maximum Gasteiger partial charge on any atom is 0.122 e. The van der Waals surface area contributed by atoms with Gasteiger partial charge in [0.05, 0.1) is 12.2 Å². The zero-order chi connectivity index (χ0) is 13.8. The Balaban J connectivity index is 2.02. The van der Waals surface area contributed by atoms with E-state index in [2.05, 4.69) is 0 Å². The minimum atomic E-state index is -0.430. The van der Waals surface area contributed by atoms with E-state index in [4.69, 9.17) is 9.47 Å². The molecule has 0 amide bonds. The number of rotatable bonds is 4. The van der Waals surface area contributed by atoms with Crippen LogP contribution in [0.3, 0.4) is 0 Å². The van der Waals surface area contributed by atoms with Gasteiger partial charge in [-0.3, -0.25) is 0 Å². The normalized spacial score (nSPS) is 25.1. The fourth-order valence-electron chi connectivity index (χ4n) is 2.67. The van der Waals surface area contributed by atoms with Gasteiger partial charge in [-0.1, -0.05) is 6.07 Å². The van der Waals surface area contributed by atoms with Crippen LogP contribution >= 0.6 is 0 Å². The second kappa shape index (κ2) is 6.40. The maximum absolute atomic E-state index is 9.57. The molecule has 3 atom stereocenters. The first-order valence-corrected chi connectivity index (χ1v) is 7.08. The van der Waals surface area contributed by atoms with Crippen molar-refractivity contribution in [3.05, 3.63) is 29.3 Å². The fraction of sp³-hybridized carbons (Fsp3) is 0.625. The number of hydrogen-bond acceptors (Lipinski definition) is 3. The molecule has 1 aliphatic rings. The van der Waals surface area contributed by atoms with Crippen LogP contribution in [0.25, 0.3) is 0 Å². The largest absolute Gasteiger partial charge is 0.490 e. The molecule has 2 unspecified atom stereocenters. The lowest BCUT2D eigenvalue weighted by Crippen LogP contribution is -2.29. The third-order valence-electron chi connectivity index (χ3n) is 3.89. The monoisotopic (exact) mass is 264 g/mol. The zero-order valence-corrected chi connectivity index (χ0v) is 12.1. The Kier molecular flexibility index (Phi) is 4.83. The highest BCUT2D eigenvalue weighted by Crippen LogP contribution is 2.28. The third-order valence-corrected chi connectivity index (χ3v) is 3.89. The minimum Gasteiger partial charge on any atom is -0.490 e. The fourth-order valence-corrected chi connectivity index (χ4v) is 2.67. The Hall–Kier alpha value is -1.06. The van der Waals surface area contributed by atoms with Gasteiger partial charge in [0, 0.05) is 13.5 Å². The second-order valence-electron chi connectivity index (χ2n) is 5.47. The van der Waals surface area contributed by atoms with Gasteiger partial charge < -0.3 is 14.6 Å². The van der Waals surface area contributed by atoms with Crippen LogP contribution in [0.15, 0.2) is 18.2 Å². The molecule has 0 saturated heterocycles. The van der Waals surface area contributed by atoms with E-state index in [1.807, 2.05) is 25.1 Å². The summed E-state index contributed by atoms with van der Waals surface area (Å²) >= 11 is 0. The number of methoxy groups -OCH3 is 1. The topological polar surface area (TPSA) is 38.7 Å². The van der Waals surface area contributed by atoms with E-state index in [1.54, 1.807) is 14.0 Å². The Bertz CT molecular complexity index is 414. The number of aryl methyl sites for hydroxylation is 1. The molecular formula is C16H24O3. The van der Waals surface area contributed by atoms with Crippen LogP contribution in [0.2, 0.25) is 0 Å². The highest BCUT2D eigenvalue weighted by Gasteiger charge is 2.23. The molecule has 1 N–H and O–H groups in total. The first-order chi connectivity index (χ1) is 9.10. The Labute approximate surface area is 115 Å². The molecule has 1 aromatic rings. The number of aliphatic hydroxyl groups excluding tert-OH is 1. The molecule has 3 nitrogen and oxygen atoms in total. The van der Waals surface area contributed by atoms with Crippen molar-refractivity contribution in [3.63, 3.8) is 0 Å². The van der Waals surface area contributed by atoms with Gasteiger partial charge >= 0.3 is 0 Å². The van der Waals surface area contributed by atoms with E-state index in [0.717, 1.165) is 42.6 Å². The van der Waals surface area contributed by atoms with Crippen LogP contribution in [0.5, 0.6) is 5.75 Å². The lowest BCUT2D eigenvalue weighted by atomic mass is 9.94. The van der Waals surface area contributed by atoms with Crippen LogP contribution < -0.4 is 4.74 Å². The number of ether oxygens (including phenoxy) is 2. The van der Waals surface area contributed by atoms with Crippen molar-refractivity contribution in [1.82, 2.24) is 0 Å². The summed E-state index contributed by atoms with van der Waals surface area (Å²) < 4.78 is 11.5. The highest BCUT2D eigenvalue weighted by atomic mass is 16.5. The summed E-state index contributed by atoms with van der Waals surface area (Å²) in [4.78, 5) is 0. The standard InChI is InChI=1S/C16H24O3/c1-11-9-13(12(2)17)7-8-16(11)19-15-6-4-5-14(10-15)18-3/h7-9,12,14-15,17H,4-6,10H2,1-3H3/t12-,14?,15?/m0/s1. The summed E-state index contributed by atoms with van der Waals surface area (Å²) in [6, 6.07) is 5.90. The molecule has 1 fully saturated rings.